The molecule has 13 heteroatoms. The van der Waals surface area contributed by atoms with E-state index in [1.165, 1.54) is 0 Å². The first-order valence-corrected chi connectivity index (χ1v) is 14.8. The quantitative estimate of drug-likeness (QED) is 0.446. The zero-order valence-corrected chi connectivity index (χ0v) is 22.2. The number of benzene rings is 1. The van der Waals surface area contributed by atoms with Crippen LogP contribution >= 0.6 is 11.3 Å². The van der Waals surface area contributed by atoms with Crippen molar-refractivity contribution in [2.75, 3.05) is 45.1 Å². The molecule has 0 atom stereocenters. The summed E-state index contributed by atoms with van der Waals surface area (Å²) in [5, 5.41) is 5.19. The molecule has 0 amide bonds. The average Bonchev–Trinajstić information content (AvgIpc) is 3.41. The van der Waals surface area contributed by atoms with Crippen LogP contribution in [0.1, 0.15) is 36.2 Å². The zero-order chi connectivity index (χ0) is 25.9. The van der Waals surface area contributed by atoms with E-state index in [-0.39, 0.29) is 17.7 Å². The van der Waals surface area contributed by atoms with E-state index in [4.69, 9.17) is 9.72 Å². The Labute approximate surface area is 218 Å². The van der Waals surface area contributed by atoms with Crippen LogP contribution < -0.4 is 4.74 Å². The highest BCUT2D eigenvalue weighted by molar-refractivity contribution is 7.89. The zero-order valence-electron chi connectivity index (χ0n) is 20.6. The fourth-order valence-corrected chi connectivity index (χ4v) is 7.54. The van der Waals surface area contributed by atoms with Crippen LogP contribution in [-0.4, -0.2) is 88.4 Å². The van der Waals surface area contributed by atoms with Gasteiger partial charge in [-0.25, -0.2) is 31.8 Å². The lowest BCUT2D eigenvalue weighted by Gasteiger charge is -2.41. The van der Waals surface area contributed by atoms with Crippen molar-refractivity contribution in [1.82, 2.24) is 29.0 Å². The molecule has 198 valence electrons. The highest BCUT2D eigenvalue weighted by Crippen LogP contribution is 2.42. The summed E-state index contributed by atoms with van der Waals surface area (Å²) in [5.74, 6) is -1.19. The van der Waals surface area contributed by atoms with Gasteiger partial charge in [0.1, 0.15) is 12.1 Å². The van der Waals surface area contributed by atoms with Gasteiger partial charge in [0.2, 0.25) is 10.0 Å². The topological polar surface area (TPSA) is 93.5 Å². The van der Waals surface area contributed by atoms with E-state index in [1.807, 2.05) is 9.58 Å². The highest BCUT2D eigenvalue weighted by Gasteiger charge is 2.49. The van der Waals surface area contributed by atoms with Gasteiger partial charge in [-0.05, 0) is 31.5 Å². The summed E-state index contributed by atoms with van der Waals surface area (Å²) in [5.41, 5.74) is 3.02. The molecule has 2 aromatic heterocycles. The van der Waals surface area contributed by atoms with Gasteiger partial charge in [-0.2, -0.15) is 9.40 Å². The summed E-state index contributed by atoms with van der Waals surface area (Å²) in [6.45, 7) is 5.08. The van der Waals surface area contributed by atoms with Crippen molar-refractivity contribution in [1.29, 1.82) is 0 Å². The van der Waals surface area contributed by atoms with Crippen LogP contribution in [0.4, 0.5) is 8.78 Å². The molecule has 2 fully saturated rings. The molecule has 37 heavy (non-hydrogen) atoms. The van der Waals surface area contributed by atoms with Crippen LogP contribution in [0.25, 0.3) is 22.1 Å². The summed E-state index contributed by atoms with van der Waals surface area (Å²) >= 11 is 1.63. The lowest BCUT2D eigenvalue weighted by atomic mass is 9.90. The number of ether oxygens (including phenoxy) is 1. The van der Waals surface area contributed by atoms with E-state index in [0.29, 0.717) is 13.2 Å². The Bertz CT molecular complexity index is 1420. The van der Waals surface area contributed by atoms with Crippen LogP contribution in [0.2, 0.25) is 0 Å². The lowest BCUT2D eigenvalue weighted by molar-refractivity contribution is -0.0945. The van der Waals surface area contributed by atoms with Gasteiger partial charge in [0.05, 0.1) is 31.1 Å². The molecule has 0 radical (unpaired) electrons. The first-order valence-electron chi connectivity index (χ1n) is 12.3. The highest BCUT2D eigenvalue weighted by atomic mass is 32.2. The first kappa shape index (κ1) is 24.8. The molecule has 2 saturated heterocycles. The predicted octanol–water partition coefficient (Wildman–Crippen LogP) is 3.26. The Kier molecular flexibility index (Phi) is 6.09. The maximum absolute atomic E-state index is 13.0. The Morgan fingerprint density at radius 1 is 1.24 bits per heavy atom. The van der Waals surface area contributed by atoms with E-state index >= 15 is 0 Å². The number of nitrogens with zero attached hydrogens (tertiary/aromatic N) is 6. The van der Waals surface area contributed by atoms with E-state index < -0.39 is 29.0 Å². The van der Waals surface area contributed by atoms with Gasteiger partial charge < -0.3 is 9.64 Å². The Morgan fingerprint density at radius 2 is 2.03 bits per heavy atom. The van der Waals surface area contributed by atoms with Gasteiger partial charge in [0, 0.05) is 48.5 Å². The molecule has 0 unspecified atom stereocenters. The second-order valence-electron chi connectivity index (χ2n) is 10.2. The molecule has 0 spiro atoms. The molecular formula is C24H28F2N6O3S2. The minimum Gasteiger partial charge on any atom is -0.492 e. The second-order valence-corrected chi connectivity index (χ2v) is 13.3. The normalized spacial score (nSPS) is 20.0. The molecule has 1 aromatic carbocycles. The molecule has 3 aliphatic rings. The first-order chi connectivity index (χ1) is 17.6. The number of sulfonamides is 1. The maximum atomic E-state index is 13.0. The van der Waals surface area contributed by atoms with Gasteiger partial charge in [-0.15, -0.1) is 11.3 Å². The van der Waals surface area contributed by atoms with E-state index in [1.54, 1.807) is 17.7 Å². The van der Waals surface area contributed by atoms with Crippen LogP contribution in [0.5, 0.6) is 5.75 Å². The number of halogens is 2. The molecule has 3 aliphatic heterocycles. The number of hydrogen-bond acceptors (Lipinski definition) is 8. The number of likely N-dealkylation sites (tertiary alicyclic amines) is 1. The van der Waals surface area contributed by atoms with E-state index in [9.17, 15) is 17.2 Å². The number of thiazole rings is 1. The summed E-state index contributed by atoms with van der Waals surface area (Å²) in [4.78, 5) is 12.6. The largest absolute Gasteiger partial charge is 0.492 e. The monoisotopic (exact) mass is 550 g/mol. The fourth-order valence-electron chi connectivity index (χ4n) is 4.97. The Morgan fingerprint density at radius 3 is 2.76 bits per heavy atom. The molecule has 0 N–H and O–H groups in total. The van der Waals surface area contributed by atoms with Crippen LogP contribution in [0.3, 0.4) is 0 Å². The van der Waals surface area contributed by atoms with Crippen molar-refractivity contribution in [3.05, 3.63) is 35.0 Å². The summed E-state index contributed by atoms with van der Waals surface area (Å²) in [6, 6.07) is 6.40. The Balaban J connectivity index is 1.13. The van der Waals surface area contributed by atoms with Gasteiger partial charge in [0.15, 0.2) is 10.8 Å². The lowest BCUT2D eigenvalue weighted by Crippen LogP contribution is -2.59. The standard InChI is InChI=1S/C24H28F2N6O3S2/c1-15(2)32-22(27-14-28-32)23-29-21-18-4-3-16(9-19(18)35-7-5-20(21)36-23)17-10-30(11-17)6-8-37(33,34)31-12-24(25,26)13-31/h3-4,9,14-15,17H,5-8,10-13H2,1-2H3. The minimum atomic E-state index is -3.64. The smallest absolute Gasteiger partial charge is 0.275 e. The van der Waals surface area contributed by atoms with E-state index in [0.717, 1.165) is 62.1 Å². The third-order valence-corrected chi connectivity index (χ3v) is 9.96. The molecule has 0 saturated carbocycles. The summed E-state index contributed by atoms with van der Waals surface area (Å²) in [6.07, 6.45) is 2.33. The number of alkyl halides is 2. The van der Waals surface area contributed by atoms with Crippen molar-refractivity contribution in [3.63, 3.8) is 0 Å². The van der Waals surface area contributed by atoms with Crippen molar-refractivity contribution in [2.45, 2.75) is 38.2 Å². The van der Waals surface area contributed by atoms with Crippen molar-refractivity contribution < 1.29 is 21.9 Å². The van der Waals surface area contributed by atoms with Gasteiger partial charge >= 0.3 is 0 Å². The molecule has 0 aliphatic carbocycles. The van der Waals surface area contributed by atoms with Crippen LogP contribution in [-0.2, 0) is 16.4 Å². The Hall–Kier alpha value is -2.48. The average molecular weight is 551 g/mol. The van der Waals surface area contributed by atoms with Crippen molar-refractivity contribution in [3.8, 4) is 27.8 Å². The van der Waals surface area contributed by atoms with Gasteiger partial charge in [0.25, 0.3) is 5.92 Å². The molecule has 9 nitrogen and oxygen atoms in total. The number of rotatable bonds is 7. The molecular weight excluding hydrogens is 522 g/mol. The third-order valence-electron chi connectivity index (χ3n) is 7.10. The molecule has 0 bridgehead atoms. The SMILES string of the molecule is CC(C)n1ncnc1-c1nc2c(s1)CCOc1cc(C3CN(CCS(=O)(=O)N4CC(F)(F)C4)C3)ccc1-2. The maximum Gasteiger partial charge on any atom is 0.275 e. The van der Waals surface area contributed by atoms with Crippen molar-refractivity contribution in [2.24, 2.45) is 0 Å². The summed E-state index contributed by atoms with van der Waals surface area (Å²) < 4.78 is 59.4. The van der Waals surface area contributed by atoms with Crippen LogP contribution in [0.15, 0.2) is 24.5 Å². The molecule has 3 aromatic rings. The third kappa shape index (κ3) is 4.66. The van der Waals surface area contributed by atoms with Gasteiger partial charge in [-0.1, -0.05) is 6.07 Å². The summed E-state index contributed by atoms with van der Waals surface area (Å²) in [7, 11) is -3.64. The fraction of sp³-hybridized carbons (Fsp3) is 0.542. The number of hydrogen-bond donors (Lipinski definition) is 0. The second kappa shape index (κ2) is 9.07. The van der Waals surface area contributed by atoms with Gasteiger partial charge in [-0.3, -0.25) is 0 Å². The number of aromatic nitrogens is 4. The number of fused-ring (bicyclic) bond motifs is 3. The minimum absolute atomic E-state index is 0.136. The van der Waals surface area contributed by atoms with Crippen molar-refractivity contribution >= 4 is 21.4 Å². The molecule has 6 rings (SSSR count). The molecule has 5 heterocycles. The van der Waals surface area contributed by atoms with E-state index in [2.05, 4.69) is 42.1 Å². The van der Waals surface area contributed by atoms with Crippen LogP contribution in [0, 0.1) is 0 Å². The predicted molar refractivity (Wildman–Crippen MR) is 136 cm³/mol.